The van der Waals surface area contributed by atoms with Crippen LogP contribution in [0.15, 0.2) is 65.8 Å². The van der Waals surface area contributed by atoms with Crippen molar-refractivity contribution < 1.29 is 4.79 Å². The fourth-order valence-corrected chi connectivity index (χ4v) is 3.98. The van der Waals surface area contributed by atoms with E-state index in [1.165, 1.54) is 22.4 Å². The second-order valence-electron chi connectivity index (χ2n) is 7.56. The summed E-state index contributed by atoms with van der Waals surface area (Å²) in [7, 11) is 0. The van der Waals surface area contributed by atoms with Crippen LogP contribution in [0.2, 0.25) is 10.0 Å². The zero-order valence-electron chi connectivity index (χ0n) is 17.3. The fraction of sp³-hybridized carbons (Fsp3) is 0.208. The number of nitrogens with zero attached hydrogens (tertiary/aromatic N) is 2. The molecule has 0 spiro atoms. The summed E-state index contributed by atoms with van der Waals surface area (Å²) in [6.45, 7) is 0.777. The van der Waals surface area contributed by atoms with Crippen molar-refractivity contribution in [3.63, 3.8) is 0 Å². The first kappa shape index (κ1) is 22.1. The molecule has 0 unspecified atom stereocenters. The van der Waals surface area contributed by atoms with E-state index < -0.39 is 5.91 Å². The molecule has 0 aliphatic heterocycles. The molecule has 2 N–H and O–H groups in total. The van der Waals surface area contributed by atoms with Crippen molar-refractivity contribution in [1.29, 1.82) is 0 Å². The minimum atomic E-state index is -0.418. The van der Waals surface area contributed by atoms with Crippen LogP contribution in [0, 0.1) is 0 Å². The molecule has 164 valence electrons. The highest BCUT2D eigenvalue weighted by Crippen LogP contribution is 2.17. The van der Waals surface area contributed by atoms with Crippen LogP contribution in [0.4, 0.5) is 0 Å². The zero-order valence-corrected chi connectivity index (χ0v) is 18.8. The predicted molar refractivity (Wildman–Crippen MR) is 128 cm³/mol. The van der Waals surface area contributed by atoms with Gasteiger partial charge in [0, 0.05) is 35.5 Å². The van der Waals surface area contributed by atoms with Gasteiger partial charge < -0.3 is 14.9 Å². The van der Waals surface area contributed by atoms with E-state index in [4.69, 9.17) is 23.2 Å². The Morgan fingerprint density at radius 2 is 1.91 bits per heavy atom. The summed E-state index contributed by atoms with van der Waals surface area (Å²) in [4.78, 5) is 32.9. The van der Waals surface area contributed by atoms with Crippen molar-refractivity contribution in [3.05, 3.63) is 98.1 Å². The minimum absolute atomic E-state index is 0.0363. The largest absolute Gasteiger partial charge is 0.352 e. The van der Waals surface area contributed by atoms with Gasteiger partial charge in [-0.25, -0.2) is 4.98 Å². The number of hydrogen-bond acceptors (Lipinski definition) is 3. The molecule has 0 aliphatic carbocycles. The number of halogens is 2. The number of carbonyl (C=O) groups excluding carboxylic acids is 1. The average Bonchev–Trinajstić information content (AvgIpc) is 3.20. The number of nitrogens with one attached hydrogen (secondary N) is 2. The normalized spacial score (nSPS) is 11.1. The highest BCUT2D eigenvalue weighted by Gasteiger charge is 2.14. The number of H-pyrrole nitrogens is 1. The van der Waals surface area contributed by atoms with E-state index in [9.17, 15) is 9.59 Å². The number of carbonyl (C=O) groups is 1. The van der Waals surface area contributed by atoms with Gasteiger partial charge in [-0.15, -0.1) is 0 Å². The molecule has 1 aromatic carbocycles. The molecule has 0 saturated carbocycles. The van der Waals surface area contributed by atoms with Crippen LogP contribution < -0.4 is 10.9 Å². The van der Waals surface area contributed by atoms with Crippen LogP contribution in [0.1, 0.15) is 34.3 Å². The second-order valence-corrected chi connectivity index (χ2v) is 8.43. The summed E-state index contributed by atoms with van der Waals surface area (Å²) in [6.07, 6.45) is 7.84. The van der Waals surface area contributed by atoms with E-state index in [0.29, 0.717) is 23.1 Å². The van der Waals surface area contributed by atoms with Crippen LogP contribution in [-0.2, 0) is 13.0 Å². The molecule has 4 aromatic rings. The van der Waals surface area contributed by atoms with E-state index in [0.717, 1.165) is 35.9 Å². The quantitative estimate of drug-likeness (QED) is 0.363. The SMILES string of the molecule is O=C(NCCCCc1c[nH]c2ncccc12)c1cc(Cl)cn(Cc2ccc(Cl)cc2)c1=O. The molecule has 1 amide bonds. The molecule has 0 radical (unpaired) electrons. The van der Waals surface area contributed by atoms with Crippen LogP contribution >= 0.6 is 23.2 Å². The Balaban J connectivity index is 1.34. The van der Waals surface area contributed by atoms with Gasteiger partial charge in [-0.05, 0) is 60.7 Å². The number of aromatic nitrogens is 3. The Morgan fingerprint density at radius 1 is 1.09 bits per heavy atom. The van der Waals surface area contributed by atoms with Crippen LogP contribution in [0.5, 0.6) is 0 Å². The molecule has 6 nitrogen and oxygen atoms in total. The van der Waals surface area contributed by atoms with E-state index in [-0.39, 0.29) is 11.1 Å². The zero-order chi connectivity index (χ0) is 22.5. The molecule has 8 heteroatoms. The lowest BCUT2D eigenvalue weighted by Gasteiger charge is -2.10. The summed E-state index contributed by atoms with van der Waals surface area (Å²) in [5.74, 6) is -0.418. The number of hydrogen-bond donors (Lipinski definition) is 2. The first-order valence-corrected chi connectivity index (χ1v) is 11.1. The molecule has 0 fully saturated rings. The molecule has 32 heavy (non-hydrogen) atoms. The Labute approximate surface area is 195 Å². The number of fused-ring (bicyclic) bond motifs is 1. The molecule has 0 atom stereocenters. The van der Waals surface area contributed by atoms with Crippen molar-refractivity contribution in [2.24, 2.45) is 0 Å². The molecule has 3 heterocycles. The minimum Gasteiger partial charge on any atom is -0.352 e. The Morgan fingerprint density at radius 3 is 2.72 bits per heavy atom. The maximum Gasteiger partial charge on any atom is 0.263 e. The van der Waals surface area contributed by atoms with Crippen molar-refractivity contribution in [2.45, 2.75) is 25.8 Å². The molecule has 3 aromatic heterocycles. The van der Waals surface area contributed by atoms with Gasteiger partial charge in [-0.3, -0.25) is 9.59 Å². The summed E-state index contributed by atoms with van der Waals surface area (Å²) in [5.41, 5.74) is 2.63. The maximum atomic E-state index is 12.8. The lowest BCUT2D eigenvalue weighted by molar-refractivity contribution is 0.0951. The number of aryl methyl sites for hydroxylation is 1. The third-order valence-corrected chi connectivity index (χ3v) is 5.72. The lowest BCUT2D eigenvalue weighted by atomic mass is 10.1. The second kappa shape index (κ2) is 10.0. The lowest BCUT2D eigenvalue weighted by Crippen LogP contribution is -2.33. The first-order chi connectivity index (χ1) is 15.5. The van der Waals surface area contributed by atoms with E-state index >= 15 is 0 Å². The van der Waals surface area contributed by atoms with Crippen molar-refractivity contribution in [3.8, 4) is 0 Å². The van der Waals surface area contributed by atoms with E-state index in [1.807, 2.05) is 30.5 Å². The highest BCUT2D eigenvalue weighted by molar-refractivity contribution is 6.31. The van der Waals surface area contributed by atoms with Crippen molar-refractivity contribution >= 4 is 40.1 Å². The third kappa shape index (κ3) is 5.21. The van der Waals surface area contributed by atoms with Gasteiger partial charge in [-0.2, -0.15) is 0 Å². The van der Waals surface area contributed by atoms with Gasteiger partial charge in [0.25, 0.3) is 11.5 Å². The van der Waals surface area contributed by atoms with Gasteiger partial charge in [-0.1, -0.05) is 35.3 Å². The molecular formula is C24H22Cl2N4O2. The van der Waals surface area contributed by atoms with Gasteiger partial charge in [0.2, 0.25) is 0 Å². The topological polar surface area (TPSA) is 79.8 Å². The van der Waals surface area contributed by atoms with Crippen molar-refractivity contribution in [1.82, 2.24) is 19.9 Å². The molecule has 4 rings (SSSR count). The predicted octanol–water partition coefficient (Wildman–Crippen LogP) is 4.83. The number of amides is 1. The summed E-state index contributed by atoms with van der Waals surface area (Å²) >= 11 is 12.1. The smallest absolute Gasteiger partial charge is 0.263 e. The summed E-state index contributed by atoms with van der Waals surface area (Å²) in [6, 6.07) is 12.6. The third-order valence-electron chi connectivity index (χ3n) is 5.26. The monoisotopic (exact) mass is 468 g/mol. The summed E-state index contributed by atoms with van der Waals surface area (Å²) < 4.78 is 1.44. The van der Waals surface area contributed by atoms with Gasteiger partial charge in [0.05, 0.1) is 11.6 Å². The Bertz CT molecular complexity index is 1300. The van der Waals surface area contributed by atoms with Crippen molar-refractivity contribution in [2.75, 3.05) is 6.54 Å². The van der Waals surface area contributed by atoms with Crippen LogP contribution in [0.25, 0.3) is 11.0 Å². The van der Waals surface area contributed by atoms with Gasteiger partial charge in [0.1, 0.15) is 11.2 Å². The average molecular weight is 469 g/mol. The number of pyridine rings is 2. The molecule has 0 aliphatic rings. The molecule has 0 saturated heterocycles. The number of benzene rings is 1. The number of aromatic amines is 1. The Hall–Kier alpha value is -3.09. The van der Waals surface area contributed by atoms with Gasteiger partial charge >= 0.3 is 0 Å². The maximum absolute atomic E-state index is 12.8. The highest BCUT2D eigenvalue weighted by atomic mass is 35.5. The first-order valence-electron chi connectivity index (χ1n) is 10.3. The standard InChI is InChI=1S/C24H22Cl2N4O2/c25-18-8-6-16(7-9-18)14-30-15-19(26)12-21(24(30)32)23(31)28-10-2-1-4-17-13-29-22-20(17)5-3-11-27-22/h3,5-9,11-13,15H,1-2,4,10,14H2,(H,27,29)(H,28,31). The van der Waals surface area contributed by atoms with Crippen LogP contribution in [0.3, 0.4) is 0 Å². The Kier molecular flexibility index (Phi) is 6.93. The fourth-order valence-electron chi connectivity index (χ4n) is 3.62. The molecular weight excluding hydrogens is 447 g/mol. The van der Waals surface area contributed by atoms with Gasteiger partial charge in [0.15, 0.2) is 0 Å². The van der Waals surface area contributed by atoms with E-state index in [1.54, 1.807) is 18.3 Å². The van der Waals surface area contributed by atoms with E-state index in [2.05, 4.69) is 15.3 Å². The molecule has 0 bridgehead atoms. The number of rotatable bonds is 8. The van der Waals surface area contributed by atoms with Crippen LogP contribution in [-0.4, -0.2) is 27.0 Å². The number of unbranched alkanes of at least 4 members (excludes halogenated alkanes) is 1. The summed E-state index contributed by atoms with van der Waals surface area (Å²) in [5, 5.41) is 4.91.